The molecule has 4 nitrogen and oxygen atoms in total. The van der Waals surface area contributed by atoms with Gasteiger partial charge in [0, 0.05) is 17.8 Å². The van der Waals surface area contributed by atoms with Gasteiger partial charge in [-0.05, 0) is 24.9 Å². The van der Waals surface area contributed by atoms with Gasteiger partial charge in [0.2, 0.25) is 0 Å². The van der Waals surface area contributed by atoms with Gasteiger partial charge in [-0.1, -0.05) is 13.0 Å². The Morgan fingerprint density at radius 2 is 2.37 bits per heavy atom. The van der Waals surface area contributed by atoms with Crippen LogP contribution >= 0.6 is 11.3 Å². The van der Waals surface area contributed by atoms with Crippen LogP contribution in [0.2, 0.25) is 0 Å². The van der Waals surface area contributed by atoms with Crippen molar-refractivity contribution in [2.45, 2.75) is 32.4 Å². The Morgan fingerprint density at radius 3 is 2.95 bits per heavy atom. The highest BCUT2D eigenvalue weighted by Gasteiger charge is 2.21. The molecule has 0 fully saturated rings. The minimum Gasteiger partial charge on any atom is -0.493 e. The molecule has 0 saturated carbocycles. The van der Waals surface area contributed by atoms with E-state index >= 15 is 0 Å². The zero-order chi connectivity index (χ0) is 13.7. The smallest absolute Gasteiger partial charge is 0.161 e. The lowest BCUT2D eigenvalue weighted by atomic mass is 10.1. The molecule has 19 heavy (non-hydrogen) atoms. The monoisotopic (exact) mass is 279 g/mol. The van der Waals surface area contributed by atoms with E-state index < -0.39 is 0 Å². The zero-order valence-electron chi connectivity index (χ0n) is 11.7. The van der Waals surface area contributed by atoms with Crippen LogP contribution in [0.25, 0.3) is 0 Å². The fourth-order valence-electron chi connectivity index (χ4n) is 2.24. The first kappa shape index (κ1) is 14.1. The van der Waals surface area contributed by atoms with Crippen molar-refractivity contribution in [3.05, 3.63) is 34.3 Å². The Bertz CT molecular complexity index is 493. The number of methoxy groups -OCH3 is 1. The largest absolute Gasteiger partial charge is 0.493 e. The molecule has 0 aromatic carbocycles. The highest BCUT2D eigenvalue weighted by molar-refractivity contribution is 7.09. The maximum absolute atomic E-state index is 5.45. The minimum absolute atomic E-state index is 0.225. The van der Waals surface area contributed by atoms with Crippen LogP contribution in [-0.4, -0.2) is 23.9 Å². The lowest BCUT2D eigenvalue weighted by Gasteiger charge is -2.18. The minimum atomic E-state index is 0.225. The van der Waals surface area contributed by atoms with E-state index in [4.69, 9.17) is 4.74 Å². The molecular formula is C14H21N3OS. The first-order chi connectivity index (χ1) is 9.30. The summed E-state index contributed by atoms with van der Waals surface area (Å²) in [5.74, 6) is 0.865. The van der Waals surface area contributed by atoms with Crippen molar-refractivity contribution in [2.75, 3.05) is 14.2 Å². The molecule has 2 aromatic rings. The summed E-state index contributed by atoms with van der Waals surface area (Å²) < 4.78 is 7.50. The van der Waals surface area contributed by atoms with Crippen LogP contribution in [0, 0.1) is 0 Å². The van der Waals surface area contributed by atoms with E-state index in [1.807, 2.05) is 17.9 Å². The molecular weight excluding hydrogens is 258 g/mol. The van der Waals surface area contributed by atoms with Gasteiger partial charge < -0.3 is 10.1 Å². The Kier molecular flexibility index (Phi) is 4.99. The van der Waals surface area contributed by atoms with Crippen LogP contribution < -0.4 is 10.1 Å². The third-order valence-electron chi connectivity index (χ3n) is 3.16. The lowest BCUT2D eigenvalue weighted by Crippen LogP contribution is -2.23. The Morgan fingerprint density at radius 1 is 1.53 bits per heavy atom. The van der Waals surface area contributed by atoms with Crippen molar-refractivity contribution < 1.29 is 4.74 Å². The fraction of sp³-hybridized carbons (Fsp3) is 0.500. The third kappa shape index (κ3) is 3.16. The normalized spacial score (nSPS) is 12.6. The van der Waals surface area contributed by atoms with Crippen LogP contribution in [0.5, 0.6) is 5.75 Å². The van der Waals surface area contributed by atoms with E-state index in [1.54, 1.807) is 18.4 Å². The van der Waals surface area contributed by atoms with E-state index in [0.29, 0.717) is 0 Å². The summed E-state index contributed by atoms with van der Waals surface area (Å²) in [5, 5.41) is 9.93. The molecule has 1 N–H and O–H groups in total. The van der Waals surface area contributed by atoms with Crippen LogP contribution in [0.3, 0.4) is 0 Å². The molecule has 104 valence electrons. The molecule has 0 aliphatic carbocycles. The molecule has 0 radical (unpaired) electrons. The summed E-state index contributed by atoms with van der Waals surface area (Å²) in [6.45, 7) is 3.08. The molecule has 0 amide bonds. The Balaban J connectivity index is 2.27. The predicted molar refractivity (Wildman–Crippen MR) is 78.9 cm³/mol. The van der Waals surface area contributed by atoms with Gasteiger partial charge in [-0.25, -0.2) is 0 Å². The van der Waals surface area contributed by atoms with Gasteiger partial charge in [0.05, 0.1) is 25.0 Å². The Labute approximate surface area is 118 Å². The van der Waals surface area contributed by atoms with Crippen molar-refractivity contribution in [3.63, 3.8) is 0 Å². The first-order valence-electron chi connectivity index (χ1n) is 6.59. The van der Waals surface area contributed by atoms with Gasteiger partial charge in [0.15, 0.2) is 5.75 Å². The summed E-state index contributed by atoms with van der Waals surface area (Å²) in [6, 6.07) is 4.48. The number of hydrogen-bond donors (Lipinski definition) is 1. The summed E-state index contributed by atoms with van der Waals surface area (Å²) in [7, 11) is 3.69. The molecule has 2 rings (SSSR count). The number of likely N-dealkylation sites (N-methyl/N-ethyl adjacent to an activating group) is 1. The molecule has 0 bridgehead atoms. The summed E-state index contributed by atoms with van der Waals surface area (Å²) in [6.07, 6.45) is 3.83. The number of rotatable bonds is 7. The topological polar surface area (TPSA) is 39.1 Å². The first-order valence-corrected chi connectivity index (χ1v) is 7.47. The second-order valence-corrected chi connectivity index (χ2v) is 5.48. The van der Waals surface area contributed by atoms with Crippen LogP contribution in [0.1, 0.15) is 30.0 Å². The van der Waals surface area contributed by atoms with E-state index in [9.17, 15) is 0 Å². The second-order valence-electron chi connectivity index (χ2n) is 4.45. The summed E-state index contributed by atoms with van der Waals surface area (Å²) >= 11 is 1.79. The second kappa shape index (κ2) is 6.73. The van der Waals surface area contributed by atoms with Crippen LogP contribution in [0.15, 0.2) is 23.7 Å². The number of aromatic nitrogens is 2. The number of ether oxygens (including phenoxy) is 1. The average molecular weight is 279 g/mol. The maximum Gasteiger partial charge on any atom is 0.161 e. The molecule has 5 heteroatoms. The van der Waals surface area contributed by atoms with Crippen molar-refractivity contribution in [1.82, 2.24) is 15.1 Å². The number of aryl methyl sites for hydroxylation is 1. The number of thiophene rings is 1. The maximum atomic E-state index is 5.45. The Hall–Kier alpha value is -1.33. The fourth-order valence-corrected chi connectivity index (χ4v) is 2.99. The van der Waals surface area contributed by atoms with Crippen molar-refractivity contribution in [2.24, 2.45) is 0 Å². The molecule has 2 aromatic heterocycles. The lowest BCUT2D eigenvalue weighted by molar-refractivity contribution is 0.393. The third-order valence-corrected chi connectivity index (χ3v) is 4.06. The summed E-state index contributed by atoms with van der Waals surface area (Å²) in [4.78, 5) is 1.37. The van der Waals surface area contributed by atoms with Gasteiger partial charge in [-0.15, -0.1) is 11.3 Å². The van der Waals surface area contributed by atoms with E-state index in [0.717, 1.165) is 30.8 Å². The van der Waals surface area contributed by atoms with Crippen LogP contribution in [-0.2, 0) is 13.0 Å². The number of nitrogens with zero attached hydrogens (tertiary/aromatic N) is 2. The summed E-state index contributed by atoms with van der Waals surface area (Å²) in [5.41, 5.74) is 1.14. The van der Waals surface area contributed by atoms with E-state index in [-0.39, 0.29) is 6.04 Å². The highest BCUT2D eigenvalue weighted by Crippen LogP contribution is 2.28. The quantitative estimate of drug-likeness (QED) is 0.847. The molecule has 1 unspecified atom stereocenters. The molecule has 2 heterocycles. The predicted octanol–water partition coefficient (Wildman–Crippen LogP) is 2.87. The molecule has 0 spiro atoms. The van der Waals surface area contributed by atoms with Gasteiger partial charge in [-0.2, -0.15) is 5.10 Å². The average Bonchev–Trinajstić information content (AvgIpc) is 3.05. The highest BCUT2D eigenvalue weighted by atomic mass is 32.1. The standard InChI is InChI=1S/C14H21N3OS/c1-4-7-17-14(13(18-3)10-16-17)12(15-2)9-11-6-5-8-19-11/h5-6,8,10,12,15H,4,7,9H2,1-3H3. The number of hydrogen-bond acceptors (Lipinski definition) is 4. The van der Waals surface area contributed by atoms with Crippen molar-refractivity contribution in [3.8, 4) is 5.75 Å². The van der Waals surface area contributed by atoms with Gasteiger partial charge in [0.25, 0.3) is 0 Å². The molecule has 0 saturated heterocycles. The van der Waals surface area contributed by atoms with Crippen molar-refractivity contribution >= 4 is 11.3 Å². The van der Waals surface area contributed by atoms with E-state index in [2.05, 4.69) is 34.9 Å². The zero-order valence-corrected chi connectivity index (χ0v) is 12.5. The number of nitrogens with one attached hydrogen (secondary N) is 1. The molecule has 0 aliphatic heterocycles. The van der Waals surface area contributed by atoms with Crippen LogP contribution in [0.4, 0.5) is 0 Å². The SMILES string of the molecule is CCCn1ncc(OC)c1C(Cc1cccs1)NC. The van der Waals surface area contributed by atoms with Gasteiger partial charge in [0.1, 0.15) is 0 Å². The van der Waals surface area contributed by atoms with Crippen molar-refractivity contribution in [1.29, 1.82) is 0 Å². The van der Waals surface area contributed by atoms with Gasteiger partial charge in [-0.3, -0.25) is 4.68 Å². The molecule has 0 aliphatic rings. The van der Waals surface area contributed by atoms with E-state index in [1.165, 1.54) is 4.88 Å². The van der Waals surface area contributed by atoms with Gasteiger partial charge >= 0.3 is 0 Å². The molecule has 1 atom stereocenters.